The lowest BCUT2D eigenvalue weighted by Gasteiger charge is -2.27. The average molecular weight is 435 g/mol. The fourth-order valence-electron chi connectivity index (χ4n) is 3.72. The Kier molecular flexibility index (Phi) is 6.61. The van der Waals surface area contributed by atoms with Gasteiger partial charge in [0, 0.05) is 24.7 Å². The molecule has 166 valence electrons. The number of para-hydroxylation sites is 1. The van der Waals surface area contributed by atoms with Crippen molar-refractivity contribution in [1.29, 1.82) is 0 Å². The number of pyridine rings is 2. The van der Waals surface area contributed by atoms with Crippen molar-refractivity contribution in [2.75, 3.05) is 37.8 Å². The van der Waals surface area contributed by atoms with Crippen molar-refractivity contribution >= 4 is 28.7 Å². The lowest BCUT2D eigenvalue weighted by Crippen LogP contribution is -2.36. The SMILES string of the molecule is CCOC(=O)c1c(COC(=O)c2ccc(N3CCOCC3)nc2)nc2ccccc2c1C. The van der Waals surface area contributed by atoms with Crippen LogP contribution in [0.1, 0.15) is 38.9 Å². The Morgan fingerprint density at radius 3 is 2.56 bits per heavy atom. The highest BCUT2D eigenvalue weighted by Gasteiger charge is 2.21. The van der Waals surface area contributed by atoms with E-state index in [4.69, 9.17) is 14.2 Å². The van der Waals surface area contributed by atoms with Gasteiger partial charge in [-0.05, 0) is 37.6 Å². The molecule has 1 aliphatic heterocycles. The van der Waals surface area contributed by atoms with E-state index in [0.717, 1.165) is 35.4 Å². The van der Waals surface area contributed by atoms with E-state index in [1.165, 1.54) is 6.20 Å². The van der Waals surface area contributed by atoms with Crippen molar-refractivity contribution in [2.24, 2.45) is 0 Å². The molecular formula is C24H25N3O5. The molecule has 0 unspecified atom stereocenters. The molecule has 8 heteroatoms. The number of hydrogen-bond donors (Lipinski definition) is 0. The lowest BCUT2D eigenvalue weighted by molar-refractivity contribution is 0.0444. The van der Waals surface area contributed by atoms with E-state index in [9.17, 15) is 9.59 Å². The van der Waals surface area contributed by atoms with Crippen LogP contribution in [0.2, 0.25) is 0 Å². The van der Waals surface area contributed by atoms with Gasteiger partial charge < -0.3 is 19.1 Å². The first-order chi connectivity index (χ1) is 15.6. The predicted octanol–water partition coefficient (Wildman–Crippen LogP) is 3.31. The van der Waals surface area contributed by atoms with Gasteiger partial charge in [0.15, 0.2) is 0 Å². The molecule has 0 saturated carbocycles. The quantitative estimate of drug-likeness (QED) is 0.545. The minimum absolute atomic E-state index is 0.149. The van der Waals surface area contributed by atoms with E-state index in [2.05, 4.69) is 14.9 Å². The first kappa shape index (κ1) is 21.7. The standard InChI is InChI=1S/C24H25N3O5/c1-3-31-24(29)22-16(2)18-6-4-5-7-19(18)26-20(22)15-32-23(28)17-8-9-21(25-14-17)27-10-12-30-13-11-27/h4-9,14H,3,10-13,15H2,1-2H3. The second kappa shape index (κ2) is 9.74. The molecule has 0 N–H and O–H groups in total. The van der Waals surface area contributed by atoms with Crippen LogP contribution in [0, 0.1) is 6.92 Å². The van der Waals surface area contributed by atoms with Crippen LogP contribution in [0.25, 0.3) is 10.9 Å². The molecule has 0 radical (unpaired) electrons. The summed E-state index contributed by atoms with van der Waals surface area (Å²) in [6.07, 6.45) is 1.50. The number of anilines is 1. The number of rotatable bonds is 6. The van der Waals surface area contributed by atoms with Crippen molar-refractivity contribution in [1.82, 2.24) is 9.97 Å². The zero-order valence-corrected chi connectivity index (χ0v) is 18.2. The maximum absolute atomic E-state index is 12.6. The van der Waals surface area contributed by atoms with Crippen molar-refractivity contribution < 1.29 is 23.8 Å². The molecule has 3 heterocycles. The van der Waals surface area contributed by atoms with Gasteiger partial charge in [-0.2, -0.15) is 0 Å². The molecule has 1 saturated heterocycles. The summed E-state index contributed by atoms with van der Waals surface area (Å²) >= 11 is 0. The van der Waals surface area contributed by atoms with Gasteiger partial charge in [0.2, 0.25) is 0 Å². The van der Waals surface area contributed by atoms with E-state index >= 15 is 0 Å². The normalized spacial score (nSPS) is 13.8. The third kappa shape index (κ3) is 4.55. The van der Waals surface area contributed by atoms with Gasteiger partial charge in [-0.25, -0.2) is 19.6 Å². The van der Waals surface area contributed by atoms with Gasteiger partial charge in [0.05, 0.1) is 42.2 Å². The van der Waals surface area contributed by atoms with Gasteiger partial charge >= 0.3 is 11.9 Å². The first-order valence-electron chi connectivity index (χ1n) is 10.6. The van der Waals surface area contributed by atoms with E-state index in [1.807, 2.05) is 31.2 Å². The molecule has 0 amide bonds. The largest absolute Gasteiger partial charge is 0.462 e. The lowest BCUT2D eigenvalue weighted by atomic mass is 10.0. The third-order valence-electron chi connectivity index (χ3n) is 5.37. The molecule has 1 aliphatic rings. The van der Waals surface area contributed by atoms with E-state index in [0.29, 0.717) is 30.0 Å². The van der Waals surface area contributed by atoms with Crippen LogP contribution in [-0.4, -0.2) is 54.8 Å². The summed E-state index contributed by atoms with van der Waals surface area (Å²) in [5.74, 6) is -0.222. The highest BCUT2D eigenvalue weighted by Crippen LogP contribution is 2.24. The molecule has 8 nitrogen and oxygen atoms in total. The molecule has 0 spiro atoms. The number of morpholine rings is 1. The number of esters is 2. The Balaban J connectivity index is 1.53. The van der Waals surface area contributed by atoms with Gasteiger partial charge in [-0.3, -0.25) is 0 Å². The van der Waals surface area contributed by atoms with Crippen LogP contribution in [0.5, 0.6) is 0 Å². The monoisotopic (exact) mass is 435 g/mol. The van der Waals surface area contributed by atoms with Crippen LogP contribution in [0.15, 0.2) is 42.6 Å². The Labute approximate surface area is 186 Å². The number of hydrogen-bond acceptors (Lipinski definition) is 8. The molecule has 4 rings (SSSR count). The highest BCUT2D eigenvalue weighted by atomic mass is 16.5. The number of aryl methyl sites for hydroxylation is 1. The number of aromatic nitrogens is 2. The molecule has 2 aromatic heterocycles. The minimum atomic E-state index is -0.534. The maximum atomic E-state index is 12.6. The van der Waals surface area contributed by atoms with Gasteiger partial charge in [0.25, 0.3) is 0 Å². The predicted molar refractivity (Wildman–Crippen MR) is 119 cm³/mol. The summed E-state index contributed by atoms with van der Waals surface area (Å²) in [5, 5.41) is 0.855. The Morgan fingerprint density at radius 1 is 1.06 bits per heavy atom. The molecule has 0 atom stereocenters. The van der Waals surface area contributed by atoms with Crippen molar-refractivity contribution in [3.8, 4) is 0 Å². The number of nitrogens with zero attached hydrogens (tertiary/aromatic N) is 3. The maximum Gasteiger partial charge on any atom is 0.340 e. The van der Waals surface area contributed by atoms with E-state index in [-0.39, 0.29) is 13.2 Å². The summed E-state index contributed by atoms with van der Waals surface area (Å²) in [4.78, 5) is 36.3. The summed E-state index contributed by atoms with van der Waals surface area (Å²) in [6, 6.07) is 11.0. The van der Waals surface area contributed by atoms with Gasteiger partial charge in [-0.1, -0.05) is 18.2 Å². The van der Waals surface area contributed by atoms with E-state index < -0.39 is 11.9 Å². The topological polar surface area (TPSA) is 90.9 Å². The zero-order chi connectivity index (χ0) is 22.5. The fraction of sp³-hybridized carbons (Fsp3) is 0.333. The summed E-state index contributed by atoms with van der Waals surface area (Å²) in [7, 11) is 0. The van der Waals surface area contributed by atoms with Gasteiger partial charge in [0.1, 0.15) is 12.4 Å². The average Bonchev–Trinajstić information content (AvgIpc) is 2.83. The summed E-state index contributed by atoms with van der Waals surface area (Å²) in [5.41, 5.74) is 2.50. The van der Waals surface area contributed by atoms with Crippen LogP contribution < -0.4 is 4.90 Å². The highest BCUT2D eigenvalue weighted by molar-refractivity contribution is 5.98. The van der Waals surface area contributed by atoms with Crippen LogP contribution in [0.4, 0.5) is 5.82 Å². The Bertz CT molecular complexity index is 1120. The van der Waals surface area contributed by atoms with Crippen LogP contribution >= 0.6 is 0 Å². The van der Waals surface area contributed by atoms with Crippen molar-refractivity contribution in [3.05, 3.63) is 65.0 Å². The summed E-state index contributed by atoms with van der Waals surface area (Å²) < 4.78 is 16.1. The molecule has 0 aliphatic carbocycles. The van der Waals surface area contributed by atoms with E-state index in [1.54, 1.807) is 19.1 Å². The Morgan fingerprint density at radius 2 is 1.84 bits per heavy atom. The second-order valence-electron chi connectivity index (χ2n) is 7.38. The van der Waals surface area contributed by atoms with Crippen molar-refractivity contribution in [3.63, 3.8) is 0 Å². The fourth-order valence-corrected chi connectivity index (χ4v) is 3.72. The third-order valence-corrected chi connectivity index (χ3v) is 5.37. The number of benzene rings is 1. The van der Waals surface area contributed by atoms with Crippen molar-refractivity contribution in [2.45, 2.75) is 20.5 Å². The number of ether oxygens (including phenoxy) is 3. The van der Waals surface area contributed by atoms with Gasteiger partial charge in [-0.15, -0.1) is 0 Å². The first-order valence-corrected chi connectivity index (χ1v) is 10.6. The zero-order valence-electron chi connectivity index (χ0n) is 18.2. The Hall–Kier alpha value is -3.52. The number of carbonyl (C=O) groups is 2. The molecule has 1 fully saturated rings. The second-order valence-corrected chi connectivity index (χ2v) is 7.38. The number of carbonyl (C=O) groups excluding carboxylic acids is 2. The number of fused-ring (bicyclic) bond motifs is 1. The smallest absolute Gasteiger partial charge is 0.340 e. The van der Waals surface area contributed by atoms with Crippen LogP contribution in [0.3, 0.4) is 0 Å². The minimum Gasteiger partial charge on any atom is -0.462 e. The molecular weight excluding hydrogens is 410 g/mol. The van der Waals surface area contributed by atoms with Crippen LogP contribution in [-0.2, 0) is 20.8 Å². The molecule has 0 bridgehead atoms. The summed E-state index contributed by atoms with van der Waals surface area (Å²) in [6.45, 7) is 6.53. The molecule has 32 heavy (non-hydrogen) atoms. The molecule has 3 aromatic rings. The molecule has 1 aromatic carbocycles.